The Kier molecular flexibility index (Phi) is 33.4. The number of aromatic amines is 1. The number of halogens is 2. The Bertz CT molecular complexity index is 3670. The quantitative estimate of drug-likeness (QED) is 0.0120. The third-order valence-corrected chi connectivity index (χ3v) is 23.7. The van der Waals surface area contributed by atoms with Crippen molar-refractivity contribution in [2.45, 2.75) is 281 Å². The second-order valence-corrected chi connectivity index (χ2v) is 33.0. The van der Waals surface area contributed by atoms with Crippen LogP contribution >= 0.6 is 26.0 Å². The van der Waals surface area contributed by atoms with Gasteiger partial charge in [-0.2, -0.15) is 0 Å². The van der Waals surface area contributed by atoms with Crippen LogP contribution in [0.2, 0.25) is 0 Å². The van der Waals surface area contributed by atoms with Crippen LogP contribution in [0.5, 0.6) is 0 Å². The number of hydrogen-bond donors (Lipinski definition) is 6. The summed E-state index contributed by atoms with van der Waals surface area (Å²) in [7, 11) is -5.29. The third-order valence-electron chi connectivity index (χ3n) is 19.1. The molecule has 0 aliphatic carbocycles. The fourth-order valence-corrected chi connectivity index (χ4v) is 17.5. The molecule has 3 amide bonds. The van der Waals surface area contributed by atoms with E-state index in [1.807, 2.05) is 13.8 Å². The van der Waals surface area contributed by atoms with Crippen molar-refractivity contribution >= 4 is 83.6 Å². The number of phosphoric acid groups is 1. The first-order valence-corrected chi connectivity index (χ1v) is 41.5. The Morgan fingerprint density at radius 3 is 1.83 bits per heavy atom. The van der Waals surface area contributed by atoms with Crippen molar-refractivity contribution in [3.8, 4) is 0 Å². The molecule has 0 saturated carbocycles. The first kappa shape index (κ1) is 82.5. The number of phosphoric ester groups is 1. The van der Waals surface area contributed by atoms with Crippen molar-refractivity contribution in [1.29, 1.82) is 0 Å². The number of rotatable bonds is 44. The Hall–Kier alpha value is -6.14. The predicted molar refractivity (Wildman–Crippen MR) is 384 cm³/mol. The van der Waals surface area contributed by atoms with Crippen molar-refractivity contribution < 1.29 is 79.1 Å². The van der Waals surface area contributed by atoms with Gasteiger partial charge in [0.05, 0.1) is 38.2 Å². The second kappa shape index (κ2) is 41.7. The van der Waals surface area contributed by atoms with Crippen LogP contribution in [0.4, 0.5) is 19.4 Å². The summed E-state index contributed by atoms with van der Waals surface area (Å²) in [6.07, 6.45) is 14.9. The van der Waals surface area contributed by atoms with Gasteiger partial charge in [0.25, 0.3) is 5.56 Å². The number of esters is 1. The summed E-state index contributed by atoms with van der Waals surface area (Å²) in [5.41, 5.74) is 11.6. The first-order chi connectivity index (χ1) is 49.6. The fraction of sp³-hybridized carbons (Fsp3) is 0.700. The number of nitrogens with zero attached hydrogens (tertiary/aromatic N) is 7. The van der Waals surface area contributed by atoms with Crippen LogP contribution in [-0.2, 0) is 72.8 Å². The van der Waals surface area contributed by atoms with Gasteiger partial charge in [0.2, 0.25) is 5.91 Å². The number of nitrogens with two attached hydrogens (primary N) is 2. The zero-order chi connectivity index (χ0) is 73.9. The minimum absolute atomic E-state index is 0.0300. The highest BCUT2D eigenvalue weighted by Gasteiger charge is 2.55. The highest BCUT2D eigenvalue weighted by Crippen LogP contribution is 2.65. The highest BCUT2D eigenvalue weighted by atomic mass is 32.7. The number of carbonyl (C=O) groups is 5. The average Bonchev–Trinajstić information content (AvgIpc) is 1.62. The Morgan fingerprint density at radius 1 is 0.699 bits per heavy atom. The summed E-state index contributed by atoms with van der Waals surface area (Å²) >= 11 is 0.601. The van der Waals surface area contributed by atoms with Crippen molar-refractivity contribution in [3.63, 3.8) is 0 Å². The summed E-state index contributed by atoms with van der Waals surface area (Å²) in [5, 5.41) is 5.45. The number of aromatic nitrogens is 8. The predicted octanol–water partition coefficient (Wildman–Crippen LogP) is 13.0. The summed E-state index contributed by atoms with van der Waals surface area (Å²) in [6, 6.07) is 4.73. The van der Waals surface area contributed by atoms with Gasteiger partial charge in [-0.25, -0.2) is 47.6 Å². The lowest BCUT2D eigenvalue weighted by Gasteiger charge is -2.29. The molecule has 3 aliphatic rings. The molecule has 8 rings (SSSR count). The largest absolute Gasteiger partial charge is 0.472 e. The maximum Gasteiger partial charge on any atom is 0.472 e. The summed E-state index contributed by atoms with van der Waals surface area (Å²) in [6.45, 7) is 1.68. The van der Waals surface area contributed by atoms with Crippen LogP contribution in [0.1, 0.15) is 231 Å². The molecule has 4 aromatic heterocycles. The van der Waals surface area contributed by atoms with Gasteiger partial charge in [0.15, 0.2) is 53.2 Å². The first-order valence-electron chi connectivity index (χ1n) is 36.9. The zero-order valence-electron chi connectivity index (χ0n) is 59.8. The van der Waals surface area contributed by atoms with E-state index < -0.39 is 113 Å². The minimum atomic E-state index is -5.29. The van der Waals surface area contributed by atoms with Gasteiger partial charge in [0.1, 0.15) is 48.1 Å². The molecule has 1 aromatic carbocycles. The van der Waals surface area contributed by atoms with E-state index in [9.17, 15) is 38.2 Å². The number of hydrogen-bond acceptors (Lipinski definition) is 22. The fourth-order valence-electron chi connectivity index (χ4n) is 13.2. The molecule has 3 fully saturated rings. The zero-order valence-corrected chi connectivity index (χ0v) is 62.4. The highest BCUT2D eigenvalue weighted by molar-refractivity contribution is 8.54. The lowest BCUT2D eigenvalue weighted by atomic mass is 9.87. The maximum absolute atomic E-state index is 17.1. The minimum Gasteiger partial charge on any atom is -0.462 e. The lowest BCUT2D eigenvalue weighted by Crippen LogP contribution is -2.46. The molecule has 13 atom stereocenters. The summed E-state index contributed by atoms with van der Waals surface area (Å²) in [4.78, 5) is 114. The number of alkyl halides is 2. The number of primary amides is 1. The van der Waals surface area contributed by atoms with Crippen LogP contribution in [0.3, 0.4) is 0 Å². The van der Waals surface area contributed by atoms with Crippen molar-refractivity contribution in [2.24, 2.45) is 17.6 Å². The van der Waals surface area contributed by atoms with Gasteiger partial charge in [-0.05, 0) is 60.5 Å². The topological polar surface area (TPSA) is 388 Å². The monoisotopic (exact) mass is 1500 g/mol. The number of benzene rings is 1. The lowest BCUT2D eigenvalue weighted by molar-refractivity contribution is -0.151. The van der Waals surface area contributed by atoms with Gasteiger partial charge in [0, 0.05) is 43.9 Å². The van der Waals surface area contributed by atoms with E-state index in [0.717, 1.165) is 73.1 Å². The normalized spacial score (nSPS) is 23.9. The van der Waals surface area contributed by atoms with Crippen LogP contribution in [0.25, 0.3) is 22.3 Å². The number of carbonyl (C=O) groups excluding carboxylic acids is 5. The van der Waals surface area contributed by atoms with E-state index in [0.29, 0.717) is 35.4 Å². The number of nitrogen functional groups attached to an aromatic ring is 1. The number of nitrogens with one attached hydrogen (secondary N) is 3. The van der Waals surface area contributed by atoms with Crippen LogP contribution in [-0.4, -0.2) is 142 Å². The number of ketones is 2. The van der Waals surface area contributed by atoms with E-state index >= 15 is 13.3 Å². The standard InChI is InChI=1S/C70H106F2N12O16P2S/c1-5-7-9-11-13-15-17-19-21-23-25-28-50(96-56(87)30-26-24-22-20-18-16-14-12-10-8-6-2)37-49(85)38-51(46(3)4)66(88)82-52(29-27-35-75-70(74)90)53(86)36-47-31-33-48(34-32-47)41-103-102(93)95-40-55-61(57(71)68(98-55)83-44-80-59-63(73)76-42-77-64(59)83)99-101(91,92)94-39-54-62(100-102)58(72)69(97-54)84-45-81-60-65(84)78-43-79-67(60)89/h31-34,42-46,50-52,54-55,57-58,61-62,68-69H,5-30,35-41H2,1-4H3,(H,82,88)(H,91,92)(H2,73,76,77)(H3,74,75,90)(H,78,79,89)/t50?,51-,52-,54+,55+,57+,58+,61+,62+,68+,69+,102?/m0/s1. The van der Waals surface area contributed by atoms with Crippen LogP contribution in [0.15, 0.2) is 54.4 Å². The van der Waals surface area contributed by atoms with Crippen molar-refractivity contribution in [2.75, 3.05) is 25.5 Å². The Balaban J connectivity index is 0.920. The van der Waals surface area contributed by atoms with Gasteiger partial charge < -0.3 is 46.2 Å². The van der Waals surface area contributed by atoms with Crippen LogP contribution in [0, 0.1) is 11.8 Å². The molecular weight excluding hydrogens is 1400 g/mol. The number of anilines is 1. The molecule has 103 heavy (non-hydrogen) atoms. The van der Waals surface area contributed by atoms with Gasteiger partial charge >= 0.3 is 26.6 Å². The molecule has 7 heterocycles. The number of Topliss-reactive ketones (excluding diaryl/α,β-unsaturated/α-hetero) is 2. The molecule has 33 heteroatoms. The molecule has 3 unspecified atom stereocenters. The number of amides is 3. The summed E-state index contributed by atoms with van der Waals surface area (Å²) < 4.78 is 106. The SMILES string of the molecule is CCCCCCCCCCCCCC(=O)OC(CCCCCCCCCCCCC)CC(=O)C[C@H](C(=O)N[C@@H](CCCNC(N)=O)C(=O)Cc1ccc(CSP2(=O)OC[C@H]3O[C@@H](n4cnc5c(N)ncnc54)[C@H](F)[C@@H]3OP(=O)(O)OC[C@H]3O[C@@H](n4cnc5c(=O)[nH]cnc54)[C@H](F)[C@@H]3O2)cc1)C(C)C. The van der Waals surface area contributed by atoms with Crippen molar-refractivity contribution in [1.82, 2.24) is 49.7 Å². The summed E-state index contributed by atoms with van der Waals surface area (Å²) in [5.74, 6) is -2.79. The number of imidazole rings is 2. The van der Waals surface area contributed by atoms with E-state index in [1.165, 1.54) is 96.2 Å². The molecule has 0 radical (unpaired) electrons. The molecule has 3 aliphatic heterocycles. The van der Waals surface area contributed by atoms with Gasteiger partial charge in [-0.1, -0.05) is 180 Å². The molecule has 5 aromatic rings. The number of H-pyrrole nitrogens is 1. The number of ether oxygens (including phenoxy) is 3. The number of unbranched alkanes of at least 4 members (excludes halogenated alkanes) is 20. The van der Waals surface area contributed by atoms with Crippen LogP contribution < -0.4 is 27.7 Å². The Morgan fingerprint density at radius 2 is 1.24 bits per heavy atom. The van der Waals surface area contributed by atoms with Crippen molar-refractivity contribution in [3.05, 3.63) is 71.1 Å². The van der Waals surface area contributed by atoms with E-state index in [4.69, 9.17) is 43.8 Å². The molecule has 3 saturated heterocycles. The molecule has 0 spiro atoms. The maximum atomic E-state index is 17.1. The number of fused-ring (bicyclic) bond motifs is 4. The smallest absolute Gasteiger partial charge is 0.462 e. The van der Waals surface area contributed by atoms with E-state index in [-0.39, 0.29) is 102 Å². The average molecular weight is 1500 g/mol. The molecular formula is C70H106F2N12O16P2S. The van der Waals surface area contributed by atoms with Gasteiger partial charge in [-0.15, -0.1) is 0 Å². The number of urea groups is 1. The van der Waals surface area contributed by atoms with Gasteiger partial charge in [-0.3, -0.25) is 51.2 Å². The molecule has 572 valence electrons. The molecule has 0 bridgehead atoms. The second-order valence-electron chi connectivity index (χ2n) is 27.6. The molecule has 28 nitrogen and oxygen atoms in total. The molecule has 8 N–H and O–H groups in total. The van der Waals surface area contributed by atoms with E-state index in [1.54, 1.807) is 24.3 Å². The third kappa shape index (κ3) is 25.3. The van der Waals surface area contributed by atoms with E-state index in [2.05, 4.69) is 54.4 Å². The Labute approximate surface area is 604 Å².